The van der Waals surface area contributed by atoms with E-state index in [9.17, 15) is 0 Å². The first kappa shape index (κ1) is 21.6. The van der Waals surface area contributed by atoms with Crippen LogP contribution < -0.4 is 13.7 Å². The van der Waals surface area contributed by atoms with E-state index in [4.69, 9.17) is 13.7 Å². The second kappa shape index (κ2) is 9.05. The van der Waals surface area contributed by atoms with Crippen LogP contribution in [-0.4, -0.2) is 43.1 Å². The van der Waals surface area contributed by atoms with Gasteiger partial charge in [-0.25, -0.2) is 4.31 Å². The molecule has 176 valence electrons. The van der Waals surface area contributed by atoms with Gasteiger partial charge in [-0.1, -0.05) is 18.9 Å². The van der Waals surface area contributed by atoms with E-state index in [0.29, 0.717) is 6.04 Å². The highest BCUT2D eigenvalue weighted by atomic mass is 32.2. The van der Waals surface area contributed by atoms with E-state index in [1.54, 1.807) is 14.2 Å². The van der Waals surface area contributed by atoms with Crippen molar-refractivity contribution in [3.8, 4) is 17.2 Å². The number of nitrogens with zero attached hydrogens (tertiary/aromatic N) is 2. The van der Waals surface area contributed by atoms with Gasteiger partial charge in [0.2, 0.25) is 0 Å². The largest absolute Gasteiger partial charge is 0.497 e. The molecule has 6 heteroatoms. The fourth-order valence-electron chi connectivity index (χ4n) is 6.45. The molecule has 5 nitrogen and oxygen atoms in total. The quantitative estimate of drug-likeness (QED) is 0.432. The third-order valence-electron chi connectivity index (χ3n) is 8.27. The lowest BCUT2D eigenvalue weighted by molar-refractivity contribution is 0.160. The van der Waals surface area contributed by atoms with Crippen LogP contribution in [0.2, 0.25) is 0 Å². The summed E-state index contributed by atoms with van der Waals surface area (Å²) in [5.74, 6) is 4.37. The van der Waals surface area contributed by atoms with Crippen molar-refractivity contribution >= 4 is 12.2 Å². The maximum absolute atomic E-state index is 6.31. The highest BCUT2D eigenvalue weighted by molar-refractivity contribution is 7.92. The molecule has 6 rings (SSSR count). The van der Waals surface area contributed by atoms with Crippen LogP contribution in [0, 0.1) is 11.8 Å². The molecular weight excluding hydrogens is 432 g/mol. The first-order valence-corrected chi connectivity index (χ1v) is 13.1. The molecule has 4 aliphatic rings. The molecule has 3 heterocycles. The number of methoxy groups -OCH3 is 2. The molecule has 3 unspecified atom stereocenters. The van der Waals surface area contributed by atoms with Crippen LogP contribution in [0.15, 0.2) is 30.3 Å². The molecule has 2 aromatic rings. The fraction of sp³-hybridized carbons (Fsp3) is 0.556. The number of benzene rings is 2. The maximum Gasteiger partial charge on any atom is 0.181 e. The molecule has 2 aromatic carbocycles. The molecule has 0 N–H and O–H groups in total. The van der Waals surface area contributed by atoms with Crippen molar-refractivity contribution in [2.45, 2.75) is 51.1 Å². The van der Waals surface area contributed by atoms with Crippen molar-refractivity contribution in [1.82, 2.24) is 9.21 Å². The van der Waals surface area contributed by atoms with Gasteiger partial charge in [-0.2, -0.15) is 0 Å². The lowest BCUT2D eigenvalue weighted by Crippen LogP contribution is -2.39. The van der Waals surface area contributed by atoms with Gasteiger partial charge in [0.05, 0.1) is 14.2 Å². The zero-order chi connectivity index (χ0) is 22.4. The van der Waals surface area contributed by atoms with E-state index >= 15 is 0 Å². The first-order valence-electron chi connectivity index (χ1n) is 12.4. The Morgan fingerprint density at radius 2 is 1.67 bits per heavy atom. The normalized spacial score (nSPS) is 26.7. The zero-order valence-electron chi connectivity index (χ0n) is 19.7. The molecule has 0 aromatic heterocycles. The van der Waals surface area contributed by atoms with Crippen LogP contribution in [0.5, 0.6) is 17.2 Å². The third-order valence-corrected chi connectivity index (χ3v) is 9.03. The summed E-state index contributed by atoms with van der Waals surface area (Å²) in [7, 11) is 3.50. The Balaban J connectivity index is 1.21. The monoisotopic (exact) mass is 466 g/mol. The minimum Gasteiger partial charge on any atom is -0.497 e. The Kier molecular flexibility index (Phi) is 5.93. The number of hydrogen-bond acceptors (Lipinski definition) is 6. The number of ether oxygens (including phenoxy) is 2. The molecule has 0 radical (unpaired) electrons. The molecule has 3 aliphatic heterocycles. The SMILES string of the molecule is COc1ccc2c(c1)CCN1Cc3cc(OC)c(OSN4CC5CCCCC5C4)cc3CC21. The number of fused-ring (bicyclic) bond motifs is 5. The average Bonchev–Trinajstić information content (AvgIpc) is 3.28. The molecule has 33 heavy (non-hydrogen) atoms. The smallest absolute Gasteiger partial charge is 0.181 e. The highest BCUT2D eigenvalue weighted by Crippen LogP contribution is 2.44. The number of hydrogen-bond donors (Lipinski definition) is 0. The van der Waals surface area contributed by atoms with Gasteiger partial charge < -0.3 is 13.7 Å². The topological polar surface area (TPSA) is 34.2 Å². The molecule has 2 fully saturated rings. The van der Waals surface area contributed by atoms with Crippen molar-refractivity contribution in [3.05, 3.63) is 52.6 Å². The van der Waals surface area contributed by atoms with E-state index in [1.165, 1.54) is 60.2 Å². The van der Waals surface area contributed by atoms with Crippen LogP contribution in [0.3, 0.4) is 0 Å². The van der Waals surface area contributed by atoms with Gasteiger partial charge in [-0.15, -0.1) is 0 Å². The Morgan fingerprint density at radius 1 is 0.879 bits per heavy atom. The van der Waals surface area contributed by atoms with E-state index in [2.05, 4.69) is 39.5 Å². The summed E-state index contributed by atoms with van der Waals surface area (Å²) in [6.45, 7) is 4.35. The van der Waals surface area contributed by atoms with Crippen LogP contribution in [-0.2, 0) is 19.4 Å². The molecule has 0 spiro atoms. The first-order chi connectivity index (χ1) is 16.2. The minimum atomic E-state index is 0.419. The van der Waals surface area contributed by atoms with Gasteiger partial charge in [0.1, 0.15) is 18.0 Å². The van der Waals surface area contributed by atoms with E-state index in [1.807, 2.05) is 0 Å². The van der Waals surface area contributed by atoms with Gasteiger partial charge in [0.15, 0.2) is 11.5 Å². The zero-order valence-corrected chi connectivity index (χ0v) is 20.5. The lowest BCUT2D eigenvalue weighted by atomic mass is 9.82. The maximum atomic E-state index is 6.31. The lowest BCUT2D eigenvalue weighted by Gasteiger charge is -2.41. The van der Waals surface area contributed by atoms with Gasteiger partial charge in [-0.05, 0) is 84.0 Å². The van der Waals surface area contributed by atoms with Crippen molar-refractivity contribution in [2.24, 2.45) is 11.8 Å². The predicted octanol–water partition coefficient (Wildman–Crippen LogP) is 5.42. The summed E-state index contributed by atoms with van der Waals surface area (Å²) in [4.78, 5) is 2.61. The minimum absolute atomic E-state index is 0.419. The molecule has 0 bridgehead atoms. The molecule has 0 amide bonds. The molecule has 1 saturated carbocycles. The van der Waals surface area contributed by atoms with E-state index < -0.39 is 0 Å². The second-order valence-corrected chi connectivity index (χ2v) is 10.9. The Morgan fingerprint density at radius 3 is 2.42 bits per heavy atom. The number of rotatable bonds is 5. The van der Waals surface area contributed by atoms with Gasteiger partial charge >= 0.3 is 0 Å². The van der Waals surface area contributed by atoms with Gasteiger partial charge in [0.25, 0.3) is 0 Å². The predicted molar refractivity (Wildman–Crippen MR) is 132 cm³/mol. The molecule has 3 atom stereocenters. The molecule has 1 aliphatic carbocycles. The summed E-state index contributed by atoms with van der Waals surface area (Å²) in [5.41, 5.74) is 5.62. The summed E-state index contributed by atoms with van der Waals surface area (Å²) in [5, 5.41) is 0. The second-order valence-electron chi connectivity index (χ2n) is 10.1. The Hall–Kier alpha value is -1.89. The van der Waals surface area contributed by atoms with Crippen molar-refractivity contribution in [3.63, 3.8) is 0 Å². The van der Waals surface area contributed by atoms with Crippen LogP contribution in [0.25, 0.3) is 0 Å². The fourth-order valence-corrected chi connectivity index (χ4v) is 7.27. The van der Waals surface area contributed by atoms with Gasteiger partial charge in [0, 0.05) is 32.2 Å². The molecule has 1 saturated heterocycles. The van der Waals surface area contributed by atoms with Crippen LogP contribution in [0.4, 0.5) is 0 Å². The molecular formula is C27H34N2O3S. The Bertz CT molecular complexity index is 1010. The average molecular weight is 467 g/mol. The summed E-state index contributed by atoms with van der Waals surface area (Å²) in [6.07, 6.45) is 7.64. The van der Waals surface area contributed by atoms with Crippen molar-refractivity contribution in [1.29, 1.82) is 0 Å². The summed E-state index contributed by atoms with van der Waals surface area (Å²) < 4.78 is 19.9. The Labute approximate surface area is 201 Å². The highest BCUT2D eigenvalue weighted by Gasteiger charge is 2.36. The van der Waals surface area contributed by atoms with Crippen molar-refractivity contribution in [2.75, 3.05) is 33.9 Å². The summed E-state index contributed by atoms with van der Waals surface area (Å²) >= 11 is 1.53. The summed E-state index contributed by atoms with van der Waals surface area (Å²) in [6, 6.07) is 11.4. The van der Waals surface area contributed by atoms with Crippen molar-refractivity contribution < 1.29 is 13.7 Å². The third kappa shape index (κ3) is 4.11. The van der Waals surface area contributed by atoms with Crippen LogP contribution in [0.1, 0.15) is 54.0 Å². The van der Waals surface area contributed by atoms with Gasteiger partial charge in [-0.3, -0.25) is 4.90 Å². The standard InChI is InChI=1S/C27H34N2O3S/c1-30-23-7-8-24-18(11-23)9-10-28-15-22-14-26(31-2)27(13-21(22)12-25(24)28)32-33-29-16-19-5-3-4-6-20(19)17-29/h7-8,11,13-14,19-20,25H,3-6,9-10,12,15-17H2,1-2H3. The van der Waals surface area contributed by atoms with Crippen LogP contribution >= 0.6 is 12.2 Å². The van der Waals surface area contributed by atoms with E-state index in [0.717, 1.165) is 68.1 Å². The van der Waals surface area contributed by atoms with E-state index in [-0.39, 0.29) is 0 Å².